The molecular formula is C31H41ClF3N3OS. The molecule has 4 nitrogen and oxygen atoms in total. The molecule has 0 saturated carbocycles. The van der Waals surface area contributed by atoms with Gasteiger partial charge in [0.05, 0.1) is 24.1 Å². The normalized spacial score (nSPS) is 22.5. The van der Waals surface area contributed by atoms with Crippen LogP contribution < -0.4 is 0 Å². The smallest absolute Gasteiger partial charge is 0.163 e. The largest absolute Gasteiger partial charge is 0.386 e. The van der Waals surface area contributed by atoms with Gasteiger partial charge in [-0.25, -0.2) is 13.2 Å². The van der Waals surface area contributed by atoms with Crippen molar-refractivity contribution in [2.24, 2.45) is 15.9 Å². The maximum absolute atomic E-state index is 15.9. The van der Waals surface area contributed by atoms with E-state index in [0.29, 0.717) is 23.2 Å². The molecule has 5 atom stereocenters. The quantitative estimate of drug-likeness (QED) is 0.207. The van der Waals surface area contributed by atoms with Gasteiger partial charge >= 0.3 is 0 Å². The summed E-state index contributed by atoms with van der Waals surface area (Å²) in [6.07, 6.45) is 5.89. The number of fused-ring (bicyclic) bond motifs is 1. The molecule has 40 heavy (non-hydrogen) atoms. The number of amidine groups is 1. The molecule has 0 amide bonds. The zero-order valence-electron chi connectivity index (χ0n) is 24.0. The number of rotatable bonds is 11. The number of nitrogens with zero attached hydrogens (tertiary/aromatic N) is 3. The van der Waals surface area contributed by atoms with Crippen molar-refractivity contribution in [3.05, 3.63) is 82.7 Å². The Kier molecular flexibility index (Phi) is 13.8. The summed E-state index contributed by atoms with van der Waals surface area (Å²) >= 11 is 7.09. The van der Waals surface area contributed by atoms with E-state index < -0.39 is 17.9 Å². The minimum Gasteiger partial charge on any atom is -0.386 e. The molecule has 5 unspecified atom stereocenters. The van der Waals surface area contributed by atoms with Crippen molar-refractivity contribution in [2.75, 3.05) is 20.1 Å². The van der Waals surface area contributed by atoms with Crippen LogP contribution in [-0.4, -0.2) is 64.9 Å². The zero-order valence-corrected chi connectivity index (χ0v) is 25.5. The standard InChI is InChI=1S/C25H37F2N3OS.C6H4ClF/c1-7-13-32-23(17(4)8-2)24-29-15-19(20(28-6)12-10-11-18(5)26)21-14-25(27,16-30(21)24)22(31)9-3;7-5-2-1-3-6(8)4-5/h7,9-10,12-13,17-18,22-23,31H,3,8,11,14-16H2,1-2,4-6H3;1-4H/b12-10-,13-7-,28-20?;. The monoisotopic (exact) mass is 595 g/mol. The third kappa shape index (κ3) is 9.11. The van der Waals surface area contributed by atoms with Crippen LogP contribution in [-0.2, 0) is 0 Å². The van der Waals surface area contributed by atoms with Gasteiger partial charge in [0.15, 0.2) is 5.67 Å². The highest BCUT2D eigenvalue weighted by molar-refractivity contribution is 8.03. The van der Waals surface area contributed by atoms with E-state index in [9.17, 15) is 13.9 Å². The van der Waals surface area contributed by atoms with Gasteiger partial charge in [0, 0.05) is 29.8 Å². The van der Waals surface area contributed by atoms with Crippen LogP contribution in [0.5, 0.6) is 0 Å². The number of allylic oxidation sites excluding steroid dienone is 4. The summed E-state index contributed by atoms with van der Waals surface area (Å²) in [5.74, 6) is 0.883. The molecule has 2 heterocycles. The lowest BCUT2D eigenvalue weighted by atomic mass is 9.94. The second kappa shape index (κ2) is 16.2. The highest BCUT2D eigenvalue weighted by Gasteiger charge is 2.50. The summed E-state index contributed by atoms with van der Waals surface area (Å²) in [5, 5.41) is 12.9. The zero-order chi connectivity index (χ0) is 29.9. The molecule has 0 aliphatic carbocycles. The van der Waals surface area contributed by atoms with Gasteiger partial charge in [-0.3, -0.25) is 9.98 Å². The molecule has 1 aromatic carbocycles. The first-order chi connectivity index (χ1) is 19.0. The van der Waals surface area contributed by atoms with Crippen molar-refractivity contribution >= 4 is 34.9 Å². The Bertz CT molecular complexity index is 1130. The Hall–Kier alpha value is -2.29. The lowest BCUT2D eigenvalue weighted by Crippen LogP contribution is -2.45. The molecule has 2 aliphatic heterocycles. The number of hydrogen-bond donors (Lipinski definition) is 1. The van der Waals surface area contributed by atoms with E-state index in [1.807, 2.05) is 17.9 Å². The minimum atomic E-state index is -1.85. The fourth-order valence-electron chi connectivity index (χ4n) is 4.46. The van der Waals surface area contributed by atoms with Gasteiger partial charge in [0.2, 0.25) is 0 Å². The Labute approximate surface area is 246 Å². The van der Waals surface area contributed by atoms with Crippen LogP contribution >= 0.6 is 23.4 Å². The number of thioether (sulfide) groups is 1. The summed E-state index contributed by atoms with van der Waals surface area (Å²) in [6.45, 7) is 11.8. The molecule has 1 fully saturated rings. The van der Waals surface area contributed by atoms with Crippen LogP contribution in [0.1, 0.15) is 47.0 Å². The summed E-state index contributed by atoms with van der Waals surface area (Å²) in [5.41, 5.74) is 0.446. The molecule has 0 bridgehead atoms. The average molecular weight is 596 g/mol. The van der Waals surface area contributed by atoms with Gasteiger partial charge < -0.3 is 10.0 Å². The molecular weight excluding hydrogens is 555 g/mol. The second-order valence-electron chi connectivity index (χ2n) is 9.96. The van der Waals surface area contributed by atoms with E-state index in [-0.39, 0.29) is 30.5 Å². The molecule has 220 valence electrons. The Balaban J connectivity index is 0.000000598. The maximum atomic E-state index is 15.9. The number of alkyl halides is 2. The van der Waals surface area contributed by atoms with Gasteiger partial charge in [-0.05, 0) is 55.9 Å². The van der Waals surface area contributed by atoms with Crippen molar-refractivity contribution in [3.63, 3.8) is 0 Å². The van der Waals surface area contributed by atoms with E-state index >= 15 is 4.39 Å². The first kappa shape index (κ1) is 33.9. The van der Waals surface area contributed by atoms with Crippen LogP contribution in [0.3, 0.4) is 0 Å². The Morgan fingerprint density at radius 2 is 2.10 bits per heavy atom. The van der Waals surface area contributed by atoms with Gasteiger partial charge in [-0.1, -0.05) is 56.2 Å². The van der Waals surface area contributed by atoms with Crippen LogP contribution in [0.15, 0.2) is 81.8 Å². The van der Waals surface area contributed by atoms with Gasteiger partial charge in [-0.15, -0.1) is 18.3 Å². The van der Waals surface area contributed by atoms with Crippen molar-refractivity contribution in [1.82, 2.24) is 4.90 Å². The average Bonchev–Trinajstić information content (AvgIpc) is 3.29. The van der Waals surface area contributed by atoms with Crippen LogP contribution in [0.25, 0.3) is 0 Å². The molecule has 1 aromatic rings. The molecule has 3 rings (SSSR count). The summed E-state index contributed by atoms with van der Waals surface area (Å²) in [6, 6.07) is 5.82. The highest BCUT2D eigenvalue weighted by atomic mass is 35.5. The lowest BCUT2D eigenvalue weighted by molar-refractivity contribution is 0.0330. The fraction of sp³-hybridized carbons (Fsp3) is 0.484. The topological polar surface area (TPSA) is 48.2 Å². The van der Waals surface area contributed by atoms with Crippen LogP contribution in [0.2, 0.25) is 5.02 Å². The third-order valence-electron chi connectivity index (χ3n) is 6.84. The van der Waals surface area contributed by atoms with Gasteiger partial charge in [0.1, 0.15) is 23.9 Å². The number of aliphatic imine (C=N–C) groups is 2. The molecule has 1 saturated heterocycles. The summed E-state index contributed by atoms with van der Waals surface area (Å²) in [4.78, 5) is 11.2. The fourth-order valence-corrected chi connectivity index (χ4v) is 5.75. The van der Waals surface area contributed by atoms with Gasteiger partial charge in [-0.2, -0.15) is 0 Å². The Morgan fingerprint density at radius 1 is 1.38 bits per heavy atom. The van der Waals surface area contributed by atoms with E-state index in [1.54, 1.807) is 43.1 Å². The van der Waals surface area contributed by atoms with Crippen molar-refractivity contribution in [3.8, 4) is 0 Å². The lowest BCUT2D eigenvalue weighted by Gasteiger charge is -2.35. The maximum Gasteiger partial charge on any atom is 0.163 e. The number of benzene rings is 1. The molecule has 0 radical (unpaired) electrons. The van der Waals surface area contributed by atoms with E-state index in [4.69, 9.17) is 16.6 Å². The van der Waals surface area contributed by atoms with Crippen molar-refractivity contribution < 1.29 is 18.3 Å². The predicted molar refractivity (Wildman–Crippen MR) is 165 cm³/mol. The molecule has 2 aliphatic rings. The van der Waals surface area contributed by atoms with E-state index in [0.717, 1.165) is 23.5 Å². The van der Waals surface area contributed by atoms with E-state index in [2.05, 4.69) is 30.8 Å². The number of aliphatic hydroxyl groups excluding tert-OH is 1. The Morgan fingerprint density at radius 3 is 2.62 bits per heavy atom. The molecule has 1 N–H and O–H groups in total. The summed E-state index contributed by atoms with van der Waals surface area (Å²) in [7, 11) is 1.68. The SMILES string of the molecule is C=CC(O)C1(F)CC2=C(C(/C=C\CC(C)F)=NC)CN=C(C(S/C=C\C)C(C)CC)N2C1.Fc1cccc(Cl)c1. The molecule has 9 heteroatoms. The number of hydrogen-bond acceptors (Lipinski definition) is 5. The number of halogens is 4. The van der Waals surface area contributed by atoms with Crippen LogP contribution in [0.4, 0.5) is 13.2 Å². The third-order valence-corrected chi connectivity index (χ3v) is 8.47. The first-order valence-electron chi connectivity index (χ1n) is 13.5. The summed E-state index contributed by atoms with van der Waals surface area (Å²) < 4.78 is 41.2. The van der Waals surface area contributed by atoms with Crippen LogP contribution in [0, 0.1) is 11.7 Å². The predicted octanol–water partition coefficient (Wildman–Crippen LogP) is 8.15. The first-order valence-corrected chi connectivity index (χ1v) is 14.8. The highest BCUT2D eigenvalue weighted by Crippen LogP contribution is 2.42. The van der Waals surface area contributed by atoms with E-state index in [1.165, 1.54) is 25.1 Å². The number of aliphatic hydroxyl groups is 1. The van der Waals surface area contributed by atoms with Crippen molar-refractivity contribution in [1.29, 1.82) is 0 Å². The van der Waals surface area contributed by atoms with Gasteiger partial charge in [0.25, 0.3) is 0 Å². The minimum absolute atomic E-state index is 0.0173. The molecule has 0 aromatic heterocycles. The molecule has 0 spiro atoms. The second-order valence-corrected chi connectivity index (χ2v) is 11.4. The van der Waals surface area contributed by atoms with Crippen molar-refractivity contribution in [2.45, 2.75) is 70.2 Å².